The molecule has 0 saturated carbocycles. The molecule has 0 aliphatic carbocycles. The van der Waals surface area contributed by atoms with Crippen molar-refractivity contribution in [1.82, 2.24) is 5.32 Å². The number of nitrogen functional groups attached to an aromatic ring is 1. The van der Waals surface area contributed by atoms with E-state index in [0.29, 0.717) is 5.56 Å². The summed E-state index contributed by atoms with van der Waals surface area (Å²) >= 11 is 0. The quantitative estimate of drug-likeness (QED) is 0.604. The van der Waals surface area contributed by atoms with Crippen LogP contribution in [0.1, 0.15) is 26.3 Å². The Hall–Kier alpha value is -2.22. The Balaban J connectivity index is 2.53. The number of nitrogens with two attached hydrogens (primary N) is 1. The van der Waals surface area contributed by atoms with Crippen LogP contribution in [0.5, 0.6) is 0 Å². The molecule has 0 spiro atoms. The predicted molar refractivity (Wildman–Crippen MR) is 71.9 cm³/mol. The molecule has 0 heterocycles. The first-order chi connectivity index (χ1) is 8.79. The molecule has 3 N–H and O–H groups in total. The smallest absolute Gasteiger partial charge is 0.408 e. The van der Waals surface area contributed by atoms with Crippen molar-refractivity contribution in [2.75, 3.05) is 12.3 Å². The van der Waals surface area contributed by atoms with Gasteiger partial charge in [0.2, 0.25) is 0 Å². The molecule has 0 aliphatic rings. The molecule has 1 aromatic carbocycles. The van der Waals surface area contributed by atoms with Gasteiger partial charge in [0.05, 0.1) is 17.8 Å². The van der Waals surface area contributed by atoms with E-state index in [1.54, 1.807) is 26.8 Å². The van der Waals surface area contributed by atoms with Crippen LogP contribution in [0.15, 0.2) is 18.2 Å². The van der Waals surface area contributed by atoms with E-state index < -0.39 is 17.5 Å². The van der Waals surface area contributed by atoms with Crippen LogP contribution in [0, 0.1) is 17.7 Å². The van der Waals surface area contributed by atoms with E-state index >= 15 is 0 Å². The van der Waals surface area contributed by atoms with Gasteiger partial charge in [0.25, 0.3) is 0 Å². The maximum Gasteiger partial charge on any atom is 0.408 e. The molecule has 4 nitrogen and oxygen atoms in total. The topological polar surface area (TPSA) is 64.3 Å². The fourth-order valence-corrected chi connectivity index (χ4v) is 1.22. The lowest BCUT2D eigenvalue weighted by Gasteiger charge is -2.19. The third-order valence-electron chi connectivity index (χ3n) is 2.00. The lowest BCUT2D eigenvalue weighted by Crippen LogP contribution is -2.32. The number of hydrogen-bond acceptors (Lipinski definition) is 3. The Labute approximate surface area is 112 Å². The maximum absolute atomic E-state index is 13.1. The molecule has 0 fully saturated rings. The SMILES string of the molecule is CC(C)(C)OC(=O)NCC#Cc1cccc(F)c1N. The van der Waals surface area contributed by atoms with Crippen molar-refractivity contribution in [1.29, 1.82) is 0 Å². The zero-order valence-electron chi connectivity index (χ0n) is 11.2. The monoisotopic (exact) mass is 264 g/mol. The molecule has 0 bridgehead atoms. The second-order valence-corrected chi connectivity index (χ2v) is 4.86. The average molecular weight is 264 g/mol. The summed E-state index contributed by atoms with van der Waals surface area (Å²) in [6, 6.07) is 4.40. The maximum atomic E-state index is 13.1. The number of anilines is 1. The van der Waals surface area contributed by atoms with Crippen LogP contribution >= 0.6 is 0 Å². The van der Waals surface area contributed by atoms with Gasteiger partial charge in [-0.2, -0.15) is 0 Å². The van der Waals surface area contributed by atoms with E-state index in [1.807, 2.05) is 0 Å². The van der Waals surface area contributed by atoms with Crippen molar-refractivity contribution in [3.8, 4) is 11.8 Å². The number of hydrogen-bond donors (Lipinski definition) is 2. The first-order valence-electron chi connectivity index (χ1n) is 5.79. The van der Waals surface area contributed by atoms with Crippen molar-refractivity contribution in [3.05, 3.63) is 29.6 Å². The number of benzene rings is 1. The predicted octanol–water partition coefficient (Wildman–Crippen LogP) is 2.28. The largest absolute Gasteiger partial charge is 0.444 e. The highest BCUT2D eigenvalue weighted by atomic mass is 19.1. The molecule has 0 saturated heterocycles. The first kappa shape index (κ1) is 14.8. The molecule has 0 aromatic heterocycles. The molecule has 0 radical (unpaired) electrons. The van der Waals surface area contributed by atoms with E-state index in [4.69, 9.17) is 10.5 Å². The van der Waals surface area contributed by atoms with E-state index in [0.717, 1.165) is 0 Å². The number of carbonyl (C=O) groups excluding carboxylic acids is 1. The number of nitrogens with one attached hydrogen (secondary N) is 1. The fraction of sp³-hybridized carbons (Fsp3) is 0.357. The highest BCUT2D eigenvalue weighted by Crippen LogP contribution is 2.13. The molecule has 0 unspecified atom stereocenters. The summed E-state index contributed by atoms with van der Waals surface area (Å²) in [5, 5.41) is 2.47. The highest BCUT2D eigenvalue weighted by molar-refractivity contribution is 5.68. The molecule has 1 rings (SSSR count). The molecule has 19 heavy (non-hydrogen) atoms. The second kappa shape index (κ2) is 6.10. The minimum atomic E-state index is -0.551. The Bertz CT molecular complexity index is 524. The highest BCUT2D eigenvalue weighted by Gasteiger charge is 2.14. The van der Waals surface area contributed by atoms with Gasteiger partial charge < -0.3 is 15.8 Å². The number of carbonyl (C=O) groups is 1. The Morgan fingerprint density at radius 1 is 1.47 bits per heavy atom. The van der Waals surface area contributed by atoms with Gasteiger partial charge in [0, 0.05) is 0 Å². The van der Waals surface area contributed by atoms with Gasteiger partial charge in [-0.15, -0.1) is 0 Å². The zero-order valence-corrected chi connectivity index (χ0v) is 11.2. The summed E-state index contributed by atoms with van der Waals surface area (Å²) in [4.78, 5) is 11.3. The standard InChI is InChI=1S/C14H17FN2O2/c1-14(2,3)19-13(18)17-9-5-7-10-6-4-8-11(15)12(10)16/h4,6,8H,9,16H2,1-3H3,(H,17,18). The van der Waals surface area contributed by atoms with Gasteiger partial charge in [-0.25, -0.2) is 9.18 Å². The third-order valence-corrected chi connectivity index (χ3v) is 2.00. The summed E-state index contributed by atoms with van der Waals surface area (Å²) in [6.45, 7) is 5.41. The first-order valence-corrected chi connectivity index (χ1v) is 5.79. The summed E-state index contributed by atoms with van der Waals surface area (Å²) in [5.74, 6) is 4.86. The van der Waals surface area contributed by atoms with E-state index in [2.05, 4.69) is 17.2 Å². The van der Waals surface area contributed by atoms with Crippen LogP contribution in [0.25, 0.3) is 0 Å². The minimum absolute atomic E-state index is 0.00673. The Kier molecular flexibility index (Phi) is 4.76. The zero-order chi connectivity index (χ0) is 14.5. The molecule has 102 valence electrons. The minimum Gasteiger partial charge on any atom is -0.444 e. The van der Waals surface area contributed by atoms with Crippen LogP contribution in [-0.4, -0.2) is 18.2 Å². The van der Waals surface area contributed by atoms with Crippen molar-refractivity contribution in [2.45, 2.75) is 26.4 Å². The Morgan fingerprint density at radius 3 is 2.79 bits per heavy atom. The molecular formula is C14H17FN2O2. The van der Waals surface area contributed by atoms with E-state index in [9.17, 15) is 9.18 Å². The number of alkyl carbamates (subject to hydrolysis) is 1. The number of halogens is 1. The molecular weight excluding hydrogens is 247 g/mol. The number of para-hydroxylation sites is 1. The lowest BCUT2D eigenvalue weighted by molar-refractivity contribution is 0.0535. The number of ether oxygens (including phenoxy) is 1. The van der Waals surface area contributed by atoms with Gasteiger partial charge in [0.1, 0.15) is 11.4 Å². The van der Waals surface area contributed by atoms with E-state index in [-0.39, 0.29) is 12.2 Å². The lowest BCUT2D eigenvalue weighted by atomic mass is 10.2. The summed E-state index contributed by atoms with van der Waals surface area (Å²) in [7, 11) is 0. The van der Waals surface area contributed by atoms with Crippen molar-refractivity contribution in [2.24, 2.45) is 0 Å². The molecule has 1 aromatic rings. The second-order valence-electron chi connectivity index (χ2n) is 4.86. The molecule has 0 aliphatic heterocycles. The van der Waals surface area contributed by atoms with Crippen molar-refractivity contribution in [3.63, 3.8) is 0 Å². The Morgan fingerprint density at radius 2 is 2.16 bits per heavy atom. The van der Waals surface area contributed by atoms with Crippen LogP contribution in [0.2, 0.25) is 0 Å². The molecule has 1 amide bonds. The van der Waals surface area contributed by atoms with Gasteiger partial charge in [0.15, 0.2) is 0 Å². The van der Waals surface area contributed by atoms with Crippen LogP contribution < -0.4 is 11.1 Å². The van der Waals surface area contributed by atoms with Gasteiger partial charge in [-0.3, -0.25) is 0 Å². The van der Waals surface area contributed by atoms with E-state index in [1.165, 1.54) is 12.1 Å². The summed E-state index contributed by atoms with van der Waals surface area (Å²) in [6.07, 6.45) is -0.547. The van der Waals surface area contributed by atoms with Crippen molar-refractivity contribution < 1.29 is 13.9 Å². The van der Waals surface area contributed by atoms with Crippen LogP contribution in [0.3, 0.4) is 0 Å². The van der Waals surface area contributed by atoms with Crippen LogP contribution in [-0.2, 0) is 4.74 Å². The van der Waals surface area contributed by atoms with Crippen LogP contribution in [0.4, 0.5) is 14.9 Å². The summed E-state index contributed by atoms with van der Waals surface area (Å²) < 4.78 is 18.2. The van der Waals surface area contributed by atoms with Gasteiger partial charge in [-0.05, 0) is 32.9 Å². The number of rotatable bonds is 1. The molecule has 5 heteroatoms. The average Bonchev–Trinajstić information content (AvgIpc) is 2.27. The van der Waals surface area contributed by atoms with Gasteiger partial charge in [-0.1, -0.05) is 17.9 Å². The van der Waals surface area contributed by atoms with Crippen molar-refractivity contribution >= 4 is 11.8 Å². The summed E-state index contributed by atoms with van der Waals surface area (Å²) in [5.41, 5.74) is 5.37. The van der Waals surface area contributed by atoms with Gasteiger partial charge >= 0.3 is 6.09 Å². The fourth-order valence-electron chi connectivity index (χ4n) is 1.22. The normalized spacial score (nSPS) is 10.3. The number of amides is 1. The molecule has 0 atom stereocenters. The third kappa shape index (κ3) is 5.30.